The Balaban J connectivity index is 1.73. The summed E-state index contributed by atoms with van der Waals surface area (Å²) >= 11 is 23.7. The van der Waals surface area contributed by atoms with Gasteiger partial charge in [-0.15, -0.1) is 0 Å². The lowest BCUT2D eigenvalue weighted by molar-refractivity contribution is 0.184. The molecule has 38 heavy (non-hydrogen) atoms. The third-order valence-electron chi connectivity index (χ3n) is 5.62. The number of halogens is 4. The summed E-state index contributed by atoms with van der Waals surface area (Å²) in [6, 6.07) is 11.1. The molecule has 0 bridgehead atoms. The third kappa shape index (κ3) is 6.02. The number of aliphatic hydroxyl groups excluding tert-OH is 1. The number of nitrogens with one attached hydrogen (secondary N) is 1. The minimum Gasteiger partial charge on any atom is -0.390 e. The predicted octanol–water partition coefficient (Wildman–Crippen LogP) is 4.45. The van der Waals surface area contributed by atoms with Crippen LogP contribution in [0.3, 0.4) is 0 Å². The van der Waals surface area contributed by atoms with Gasteiger partial charge in [0.15, 0.2) is 9.84 Å². The highest BCUT2D eigenvalue weighted by molar-refractivity contribution is 7.93. The van der Waals surface area contributed by atoms with Crippen molar-refractivity contribution in [1.29, 1.82) is 0 Å². The Hall–Kier alpha value is -1.77. The minimum atomic E-state index is -4.46. The van der Waals surface area contributed by atoms with Crippen molar-refractivity contribution < 1.29 is 30.4 Å². The Labute approximate surface area is 239 Å². The van der Waals surface area contributed by atoms with E-state index in [4.69, 9.17) is 46.4 Å². The number of benzene rings is 3. The zero-order chi connectivity index (χ0) is 28.0. The molecular weight excluding hydrogens is 642 g/mol. The number of aliphatic hydroxyl groups is 1. The van der Waals surface area contributed by atoms with Crippen molar-refractivity contribution in [3.8, 4) is 0 Å². The van der Waals surface area contributed by atoms with Crippen LogP contribution in [-0.4, -0.2) is 54.0 Å². The highest BCUT2D eigenvalue weighted by atomic mass is 35.5. The maximum atomic E-state index is 13.7. The third-order valence-corrected chi connectivity index (χ3v) is 12.0. The molecule has 1 saturated heterocycles. The van der Waals surface area contributed by atoms with Gasteiger partial charge in [0.1, 0.15) is 0 Å². The molecule has 0 aliphatic carbocycles. The molecule has 204 valence electrons. The lowest BCUT2D eigenvalue weighted by Crippen LogP contribution is -2.47. The molecular formula is C22H18Cl4N2O7S3. The summed E-state index contributed by atoms with van der Waals surface area (Å²) in [7, 11) is -12.3. The molecule has 2 atom stereocenters. The molecule has 0 spiro atoms. The van der Waals surface area contributed by atoms with Crippen LogP contribution in [0.1, 0.15) is 0 Å². The lowest BCUT2D eigenvalue weighted by Gasteiger charge is -2.31. The molecule has 0 aromatic heterocycles. The first-order valence-electron chi connectivity index (χ1n) is 10.6. The molecule has 0 radical (unpaired) electrons. The maximum Gasteiger partial charge on any atom is 0.264 e. The van der Waals surface area contributed by atoms with Crippen LogP contribution in [0.25, 0.3) is 0 Å². The summed E-state index contributed by atoms with van der Waals surface area (Å²) in [5, 5.41) is 10.8. The summed E-state index contributed by atoms with van der Waals surface area (Å²) in [4.78, 5) is -0.438. The van der Waals surface area contributed by atoms with E-state index in [1.54, 1.807) is 0 Å². The number of sulfonamides is 2. The van der Waals surface area contributed by atoms with Crippen LogP contribution in [0.15, 0.2) is 70.5 Å². The van der Waals surface area contributed by atoms with E-state index in [1.807, 2.05) is 0 Å². The van der Waals surface area contributed by atoms with Gasteiger partial charge >= 0.3 is 0 Å². The summed E-state index contributed by atoms with van der Waals surface area (Å²) in [5.41, 5.74) is 0.0565. The fraction of sp³-hybridized carbons (Fsp3) is 0.182. The Morgan fingerprint density at radius 1 is 0.763 bits per heavy atom. The van der Waals surface area contributed by atoms with Gasteiger partial charge in [0, 0.05) is 5.69 Å². The van der Waals surface area contributed by atoms with Gasteiger partial charge in [0.05, 0.1) is 59.2 Å². The Morgan fingerprint density at radius 3 is 1.79 bits per heavy atom. The first-order chi connectivity index (χ1) is 17.6. The Morgan fingerprint density at radius 2 is 1.29 bits per heavy atom. The largest absolute Gasteiger partial charge is 0.390 e. The fourth-order valence-electron chi connectivity index (χ4n) is 3.83. The average Bonchev–Trinajstić information content (AvgIpc) is 3.09. The second-order valence-electron chi connectivity index (χ2n) is 8.32. The van der Waals surface area contributed by atoms with Gasteiger partial charge in [0.25, 0.3) is 20.0 Å². The normalized spacial score (nSPS) is 19.3. The summed E-state index contributed by atoms with van der Waals surface area (Å²) in [5.74, 6) is -1.24. The molecule has 2 N–H and O–H groups in total. The van der Waals surface area contributed by atoms with Crippen LogP contribution in [0.2, 0.25) is 20.1 Å². The van der Waals surface area contributed by atoms with E-state index in [0.29, 0.717) is 0 Å². The Bertz CT molecular complexity index is 1720. The number of hydrogen-bond acceptors (Lipinski definition) is 7. The molecule has 0 saturated carbocycles. The van der Waals surface area contributed by atoms with Crippen molar-refractivity contribution in [1.82, 2.24) is 0 Å². The number of nitrogens with zero attached hydrogens (tertiary/aromatic N) is 1. The van der Waals surface area contributed by atoms with Crippen LogP contribution in [0.4, 0.5) is 11.4 Å². The molecule has 16 heteroatoms. The standard InChI is InChI=1S/C22H18Cl4N2O7S3/c23-17-7-5-15(9-19(17)25)37(32,33)27-13-1-3-14(4-2-13)28(21-11-36(30,31)12-22(21)29)38(34,35)16-6-8-18(24)20(26)10-16/h1-10,21-22,27,29H,11-12H2/t21-,22+/m1/s1. The first-order valence-corrected chi connectivity index (χ1v) is 16.8. The SMILES string of the molecule is O=S1(=O)C[C@@H](N(c2ccc(NS(=O)(=O)c3ccc(Cl)c(Cl)c3)cc2)S(=O)(=O)c2ccc(Cl)c(Cl)c2)[C@@H](O)C1. The summed E-state index contributed by atoms with van der Waals surface area (Å²) in [6.07, 6.45) is -1.51. The van der Waals surface area contributed by atoms with Crippen molar-refractivity contribution in [3.63, 3.8) is 0 Å². The van der Waals surface area contributed by atoms with Crippen LogP contribution in [-0.2, 0) is 29.9 Å². The molecule has 1 aliphatic heterocycles. The average molecular weight is 660 g/mol. The van der Waals surface area contributed by atoms with Crippen LogP contribution in [0, 0.1) is 0 Å². The van der Waals surface area contributed by atoms with E-state index in [2.05, 4.69) is 4.72 Å². The number of sulfone groups is 1. The predicted molar refractivity (Wildman–Crippen MR) is 148 cm³/mol. The van der Waals surface area contributed by atoms with Crippen molar-refractivity contribution in [3.05, 3.63) is 80.8 Å². The van der Waals surface area contributed by atoms with Crippen LogP contribution < -0.4 is 9.03 Å². The number of hydrogen-bond donors (Lipinski definition) is 2. The van der Waals surface area contributed by atoms with Crippen molar-refractivity contribution in [2.45, 2.75) is 21.9 Å². The van der Waals surface area contributed by atoms with E-state index in [-0.39, 0.29) is 41.3 Å². The summed E-state index contributed by atoms with van der Waals surface area (Å²) < 4.78 is 80.5. The van der Waals surface area contributed by atoms with Gasteiger partial charge in [-0.25, -0.2) is 25.3 Å². The van der Waals surface area contributed by atoms with Crippen LogP contribution >= 0.6 is 46.4 Å². The molecule has 0 unspecified atom stereocenters. The molecule has 1 aliphatic rings. The zero-order valence-corrected chi connectivity index (χ0v) is 24.4. The molecule has 4 rings (SSSR count). The van der Waals surface area contributed by atoms with Crippen molar-refractivity contribution >= 4 is 87.7 Å². The molecule has 0 amide bonds. The van der Waals surface area contributed by atoms with Crippen molar-refractivity contribution in [2.75, 3.05) is 20.5 Å². The van der Waals surface area contributed by atoms with Gasteiger partial charge in [-0.1, -0.05) is 46.4 Å². The van der Waals surface area contributed by atoms with E-state index < -0.39 is 53.5 Å². The van der Waals surface area contributed by atoms with E-state index >= 15 is 0 Å². The summed E-state index contributed by atoms with van der Waals surface area (Å²) in [6.45, 7) is 0. The van der Waals surface area contributed by atoms with E-state index in [0.717, 1.165) is 10.4 Å². The number of rotatable bonds is 7. The maximum absolute atomic E-state index is 13.7. The van der Waals surface area contributed by atoms with Gasteiger partial charge in [-0.05, 0) is 60.7 Å². The Kier molecular flexibility index (Phi) is 8.20. The van der Waals surface area contributed by atoms with Crippen LogP contribution in [0.5, 0.6) is 0 Å². The fourth-order valence-corrected chi connectivity index (χ4v) is 9.21. The van der Waals surface area contributed by atoms with Crippen molar-refractivity contribution in [2.24, 2.45) is 0 Å². The van der Waals surface area contributed by atoms with E-state index in [1.165, 1.54) is 54.6 Å². The van der Waals surface area contributed by atoms with Gasteiger partial charge in [-0.2, -0.15) is 0 Å². The quantitative estimate of drug-likeness (QED) is 0.382. The van der Waals surface area contributed by atoms with Gasteiger partial charge in [0.2, 0.25) is 0 Å². The molecule has 3 aromatic carbocycles. The minimum absolute atomic E-state index is 0.0188. The second kappa shape index (κ2) is 10.7. The zero-order valence-electron chi connectivity index (χ0n) is 18.9. The lowest BCUT2D eigenvalue weighted by atomic mass is 10.2. The van der Waals surface area contributed by atoms with E-state index in [9.17, 15) is 30.4 Å². The first kappa shape index (κ1) is 29.2. The van der Waals surface area contributed by atoms with Gasteiger partial charge in [-0.3, -0.25) is 9.03 Å². The highest BCUT2D eigenvalue weighted by Crippen LogP contribution is 2.34. The molecule has 1 fully saturated rings. The molecule has 1 heterocycles. The topological polar surface area (TPSA) is 138 Å². The number of anilines is 2. The smallest absolute Gasteiger partial charge is 0.264 e. The highest BCUT2D eigenvalue weighted by Gasteiger charge is 2.45. The second-order valence-corrected chi connectivity index (χ2v) is 15.6. The van der Waals surface area contributed by atoms with Gasteiger partial charge < -0.3 is 5.11 Å². The monoisotopic (exact) mass is 658 g/mol. The molecule has 3 aromatic rings. The molecule has 9 nitrogen and oxygen atoms in total.